The number of H-pyrrole nitrogens is 1. The summed E-state index contributed by atoms with van der Waals surface area (Å²) in [6, 6.07) is 6.32. The Morgan fingerprint density at radius 1 is 1.11 bits per heavy atom. The van der Waals surface area contributed by atoms with Crippen molar-refractivity contribution >= 4 is 51.1 Å². The van der Waals surface area contributed by atoms with Crippen LogP contribution < -0.4 is 9.80 Å². The number of amides is 1. The van der Waals surface area contributed by atoms with Crippen LogP contribution in [0.3, 0.4) is 0 Å². The van der Waals surface area contributed by atoms with Crippen LogP contribution in [0.5, 0.6) is 0 Å². The number of nitrogens with one attached hydrogen (secondary N) is 1. The fourth-order valence-electron chi connectivity index (χ4n) is 7.95. The third-order valence-electron chi connectivity index (χ3n) is 10.5. The predicted molar refractivity (Wildman–Crippen MR) is 176 cm³/mol. The lowest BCUT2D eigenvalue weighted by molar-refractivity contribution is -0.128. The maximum absolute atomic E-state index is 17.1. The number of carbonyl (C=O) groups is 1. The number of carbonyl (C=O) groups excluding carboxylic acids is 1. The molecule has 45 heavy (non-hydrogen) atoms. The van der Waals surface area contributed by atoms with Crippen LogP contribution in [-0.4, -0.2) is 93.3 Å². The zero-order chi connectivity index (χ0) is 31.2. The smallest absolute Gasteiger partial charge is 0.246 e. The van der Waals surface area contributed by atoms with E-state index in [-0.39, 0.29) is 28.9 Å². The van der Waals surface area contributed by atoms with Crippen LogP contribution in [-0.2, 0) is 4.79 Å². The Balaban J connectivity index is 1.25. The molecule has 4 aromatic rings. The molecule has 9 nitrogen and oxygen atoms in total. The maximum Gasteiger partial charge on any atom is 0.246 e. The summed E-state index contributed by atoms with van der Waals surface area (Å²) in [5.41, 5.74) is 3.24. The monoisotopic (exact) mass is 628 g/mol. The Kier molecular flexibility index (Phi) is 6.62. The molecule has 11 heteroatoms. The highest BCUT2D eigenvalue weighted by Gasteiger charge is 2.51. The van der Waals surface area contributed by atoms with E-state index in [9.17, 15) is 4.79 Å². The normalized spacial score (nSPS) is 23.4. The molecule has 2 atom stereocenters. The number of aromatic amines is 1. The van der Waals surface area contributed by atoms with Crippen molar-refractivity contribution in [3.05, 3.63) is 53.5 Å². The Bertz CT molecular complexity index is 1860. The predicted octanol–water partition coefficient (Wildman–Crippen LogP) is 5.56. The van der Waals surface area contributed by atoms with Gasteiger partial charge in [-0.1, -0.05) is 24.2 Å². The van der Waals surface area contributed by atoms with E-state index in [0.717, 1.165) is 48.7 Å². The van der Waals surface area contributed by atoms with Crippen molar-refractivity contribution in [2.75, 3.05) is 49.1 Å². The number of likely N-dealkylation sites (tertiary alicyclic amines) is 1. The van der Waals surface area contributed by atoms with Crippen molar-refractivity contribution in [1.29, 1.82) is 0 Å². The SMILES string of the molecule is C=CC(=O)N1C[C@H](C)N(c2nc(N3CC4(CCN(C5CC5)C4)C3)nc3c(F)c(-c4c(C)ccc5[nH]ncc45)c(Cl)cc23)C[C@H]1C. The first-order valence-corrected chi connectivity index (χ1v) is 16.4. The molecule has 0 radical (unpaired) electrons. The van der Waals surface area contributed by atoms with Gasteiger partial charge in [0.1, 0.15) is 11.3 Å². The van der Waals surface area contributed by atoms with E-state index in [0.29, 0.717) is 46.4 Å². The number of hydrogen-bond donors (Lipinski definition) is 1. The Labute approximate surface area is 267 Å². The molecule has 5 heterocycles. The molecule has 4 aliphatic rings. The van der Waals surface area contributed by atoms with Gasteiger partial charge in [-0.05, 0) is 70.4 Å². The van der Waals surface area contributed by atoms with Gasteiger partial charge in [0.2, 0.25) is 11.9 Å². The molecule has 2 aromatic heterocycles. The summed E-state index contributed by atoms with van der Waals surface area (Å²) in [6.45, 7) is 14.8. The molecule has 3 aliphatic heterocycles. The standard InChI is InChI=1S/C34H38ClFN8O/c1-5-27(45)43-14-21(4)44(15-20(43)3)32-23-12-25(35)29(28-19(2)6-9-26-24(28)13-37-40-26)30(36)31(23)38-33(39-32)42-17-34(18-42)10-11-41(16-34)22-7-8-22/h5-6,9,12-13,20-22H,1,7-8,10-11,14-18H2,2-4H3,(H,37,40)/t20-,21+/m1/s1. The summed E-state index contributed by atoms with van der Waals surface area (Å²) in [7, 11) is 0. The Morgan fingerprint density at radius 3 is 2.67 bits per heavy atom. The van der Waals surface area contributed by atoms with Gasteiger partial charge < -0.3 is 14.7 Å². The Morgan fingerprint density at radius 2 is 1.91 bits per heavy atom. The minimum absolute atomic E-state index is 0.0656. The molecule has 234 valence electrons. The highest BCUT2D eigenvalue weighted by Crippen LogP contribution is 2.47. The van der Waals surface area contributed by atoms with E-state index < -0.39 is 5.82 Å². The number of anilines is 2. The molecule has 1 saturated carbocycles. The second kappa shape index (κ2) is 10.4. The highest BCUT2D eigenvalue weighted by molar-refractivity contribution is 6.35. The van der Waals surface area contributed by atoms with Gasteiger partial charge in [-0.3, -0.25) is 14.8 Å². The average Bonchev–Trinajstić information content (AvgIpc) is 3.57. The quantitative estimate of drug-likeness (QED) is 0.290. The summed E-state index contributed by atoms with van der Waals surface area (Å²) < 4.78 is 17.1. The lowest BCUT2D eigenvalue weighted by Crippen LogP contribution is -2.59. The zero-order valence-corrected chi connectivity index (χ0v) is 26.7. The molecular weight excluding hydrogens is 591 g/mol. The number of nitrogens with zero attached hydrogens (tertiary/aromatic N) is 7. The lowest BCUT2D eigenvalue weighted by Gasteiger charge is -2.49. The zero-order valence-electron chi connectivity index (χ0n) is 26.0. The minimum atomic E-state index is -0.462. The fourth-order valence-corrected chi connectivity index (χ4v) is 8.23. The number of halogens is 2. The van der Waals surface area contributed by atoms with Crippen LogP contribution in [0.4, 0.5) is 16.2 Å². The number of rotatable bonds is 5. The van der Waals surface area contributed by atoms with Crippen molar-refractivity contribution in [3.8, 4) is 11.1 Å². The minimum Gasteiger partial charge on any atom is -0.349 e. The number of aryl methyl sites for hydroxylation is 1. The number of hydrogen-bond acceptors (Lipinski definition) is 7. The van der Waals surface area contributed by atoms with Gasteiger partial charge in [0.05, 0.1) is 16.7 Å². The van der Waals surface area contributed by atoms with E-state index in [1.165, 1.54) is 25.3 Å². The molecule has 1 aliphatic carbocycles. The summed E-state index contributed by atoms with van der Waals surface area (Å²) in [5.74, 6) is 0.643. The van der Waals surface area contributed by atoms with Crippen molar-refractivity contribution in [2.45, 2.75) is 58.2 Å². The second-order valence-electron chi connectivity index (χ2n) is 13.7. The van der Waals surface area contributed by atoms with Crippen LogP contribution >= 0.6 is 11.6 Å². The second-order valence-corrected chi connectivity index (χ2v) is 14.1. The molecule has 8 rings (SSSR count). The van der Waals surface area contributed by atoms with Crippen molar-refractivity contribution in [3.63, 3.8) is 0 Å². The van der Waals surface area contributed by atoms with Gasteiger partial charge in [0.15, 0.2) is 5.82 Å². The van der Waals surface area contributed by atoms with E-state index in [2.05, 4.69) is 38.4 Å². The largest absolute Gasteiger partial charge is 0.349 e. The third kappa shape index (κ3) is 4.59. The van der Waals surface area contributed by atoms with Crippen LogP contribution in [0.1, 0.15) is 38.7 Å². The van der Waals surface area contributed by atoms with Crippen LogP contribution in [0, 0.1) is 18.2 Å². The van der Waals surface area contributed by atoms with E-state index in [1.54, 1.807) is 6.20 Å². The average molecular weight is 629 g/mol. The van der Waals surface area contributed by atoms with Crippen molar-refractivity contribution < 1.29 is 9.18 Å². The van der Waals surface area contributed by atoms with Gasteiger partial charge in [-0.25, -0.2) is 9.37 Å². The van der Waals surface area contributed by atoms with E-state index in [4.69, 9.17) is 21.6 Å². The molecular formula is C34H38ClFN8O. The van der Waals surface area contributed by atoms with Crippen molar-refractivity contribution in [1.82, 2.24) is 30.0 Å². The van der Waals surface area contributed by atoms with E-state index >= 15 is 4.39 Å². The number of aromatic nitrogens is 4. The summed E-state index contributed by atoms with van der Waals surface area (Å²) in [4.78, 5) is 31.6. The molecule has 1 amide bonds. The number of piperazine rings is 1. The number of fused-ring (bicyclic) bond motifs is 2. The van der Waals surface area contributed by atoms with Crippen molar-refractivity contribution in [2.24, 2.45) is 5.41 Å². The van der Waals surface area contributed by atoms with Gasteiger partial charge in [0.25, 0.3) is 0 Å². The summed E-state index contributed by atoms with van der Waals surface area (Å²) >= 11 is 6.99. The molecule has 4 fully saturated rings. The van der Waals surface area contributed by atoms with Gasteiger partial charge in [0, 0.05) is 78.2 Å². The molecule has 1 N–H and O–H groups in total. The first-order valence-electron chi connectivity index (χ1n) is 16.0. The van der Waals surface area contributed by atoms with E-state index in [1.807, 2.05) is 36.9 Å². The molecule has 0 unspecified atom stereocenters. The Hall–Kier alpha value is -3.76. The summed E-state index contributed by atoms with van der Waals surface area (Å²) in [6.07, 6.45) is 6.89. The fraction of sp³-hybridized carbons (Fsp3) is 0.471. The maximum atomic E-state index is 17.1. The molecule has 3 saturated heterocycles. The van der Waals surface area contributed by atoms with Gasteiger partial charge in [-0.2, -0.15) is 10.1 Å². The van der Waals surface area contributed by atoms with Crippen LogP contribution in [0.2, 0.25) is 5.02 Å². The third-order valence-corrected chi connectivity index (χ3v) is 10.8. The molecule has 0 bridgehead atoms. The van der Waals surface area contributed by atoms with Gasteiger partial charge in [-0.15, -0.1) is 0 Å². The van der Waals surface area contributed by atoms with Gasteiger partial charge >= 0.3 is 0 Å². The highest BCUT2D eigenvalue weighted by atomic mass is 35.5. The van der Waals surface area contributed by atoms with Crippen LogP contribution in [0.15, 0.2) is 37.1 Å². The number of benzene rings is 2. The summed E-state index contributed by atoms with van der Waals surface area (Å²) in [5, 5.41) is 8.88. The topological polar surface area (TPSA) is 84.5 Å². The first-order chi connectivity index (χ1) is 21.7. The first kappa shape index (κ1) is 28.7. The van der Waals surface area contributed by atoms with Crippen LogP contribution in [0.25, 0.3) is 32.9 Å². The lowest BCUT2D eigenvalue weighted by atomic mass is 9.79. The molecule has 2 aromatic carbocycles. The molecule has 1 spiro atoms.